The van der Waals surface area contributed by atoms with E-state index in [-0.39, 0.29) is 0 Å². The van der Waals surface area contributed by atoms with Crippen LogP contribution in [-0.4, -0.2) is 23.7 Å². The molecule has 2 rings (SSSR count). The van der Waals surface area contributed by atoms with Crippen LogP contribution >= 0.6 is 0 Å². The van der Waals surface area contributed by atoms with Crippen molar-refractivity contribution in [2.75, 3.05) is 13.7 Å². The van der Waals surface area contributed by atoms with E-state index in [1.165, 1.54) is 18.4 Å². The Balaban J connectivity index is 2.50. The number of aromatic nitrogens is 2. The number of rotatable bonds is 9. The molecule has 0 atom stereocenters. The Morgan fingerprint density at radius 3 is 2.27 bits per heavy atom. The number of nitrogens with zero attached hydrogens (tertiary/aromatic N) is 2. The van der Waals surface area contributed by atoms with E-state index in [9.17, 15) is 0 Å². The Morgan fingerprint density at radius 2 is 1.65 bits per heavy atom. The van der Waals surface area contributed by atoms with Gasteiger partial charge in [-0.1, -0.05) is 39.7 Å². The monoisotopic (exact) mass is 356 g/mol. The van der Waals surface area contributed by atoms with Gasteiger partial charge in [0.2, 0.25) is 5.88 Å². The minimum Gasteiger partial charge on any atom is -0.496 e. The van der Waals surface area contributed by atoms with Gasteiger partial charge in [-0.15, -0.1) is 0 Å². The van der Waals surface area contributed by atoms with Crippen LogP contribution in [0, 0.1) is 13.8 Å². The molecular formula is C22H32N2O2. The maximum Gasteiger partial charge on any atom is 0.235 e. The summed E-state index contributed by atoms with van der Waals surface area (Å²) in [5.41, 5.74) is 6.16. The van der Waals surface area contributed by atoms with E-state index >= 15 is 0 Å². The second-order valence-corrected chi connectivity index (χ2v) is 6.69. The molecule has 0 saturated carbocycles. The fourth-order valence-electron chi connectivity index (χ4n) is 3.19. The van der Waals surface area contributed by atoms with Crippen LogP contribution < -0.4 is 9.47 Å². The van der Waals surface area contributed by atoms with Crippen molar-refractivity contribution in [3.63, 3.8) is 0 Å². The predicted molar refractivity (Wildman–Crippen MR) is 107 cm³/mol. The molecule has 0 fully saturated rings. The molecule has 2 aromatic rings. The van der Waals surface area contributed by atoms with E-state index in [2.05, 4.69) is 46.8 Å². The van der Waals surface area contributed by atoms with Crippen LogP contribution in [0.5, 0.6) is 11.6 Å². The van der Waals surface area contributed by atoms with Crippen molar-refractivity contribution in [1.29, 1.82) is 0 Å². The van der Waals surface area contributed by atoms with Gasteiger partial charge in [0.15, 0.2) is 0 Å². The Hall–Kier alpha value is -2.10. The lowest BCUT2D eigenvalue weighted by Gasteiger charge is -2.17. The van der Waals surface area contributed by atoms with Crippen LogP contribution in [0.4, 0.5) is 0 Å². The van der Waals surface area contributed by atoms with Gasteiger partial charge in [0.25, 0.3) is 0 Å². The van der Waals surface area contributed by atoms with E-state index in [1.807, 2.05) is 0 Å². The van der Waals surface area contributed by atoms with Crippen LogP contribution in [0.1, 0.15) is 62.5 Å². The summed E-state index contributed by atoms with van der Waals surface area (Å²) < 4.78 is 11.6. The van der Waals surface area contributed by atoms with Gasteiger partial charge in [0.1, 0.15) is 11.4 Å². The summed E-state index contributed by atoms with van der Waals surface area (Å²) in [5.74, 6) is 1.54. The third kappa shape index (κ3) is 4.54. The van der Waals surface area contributed by atoms with E-state index in [0.29, 0.717) is 12.5 Å². The largest absolute Gasteiger partial charge is 0.496 e. The first-order valence-corrected chi connectivity index (χ1v) is 9.73. The first kappa shape index (κ1) is 20.2. The van der Waals surface area contributed by atoms with Gasteiger partial charge in [0.05, 0.1) is 25.1 Å². The number of benzene rings is 1. The fourth-order valence-corrected chi connectivity index (χ4v) is 3.19. The zero-order valence-electron chi connectivity index (χ0n) is 17.1. The van der Waals surface area contributed by atoms with Gasteiger partial charge in [-0.2, -0.15) is 0 Å². The Labute approximate surface area is 158 Å². The molecule has 26 heavy (non-hydrogen) atoms. The average molecular weight is 357 g/mol. The minimum atomic E-state index is 0.688. The lowest BCUT2D eigenvalue weighted by atomic mass is 9.99. The lowest BCUT2D eigenvalue weighted by molar-refractivity contribution is 0.289. The fraction of sp³-hybridized carbons (Fsp3) is 0.545. The van der Waals surface area contributed by atoms with E-state index in [1.54, 1.807) is 7.11 Å². The summed E-state index contributed by atoms with van der Waals surface area (Å²) in [7, 11) is 1.71. The second-order valence-electron chi connectivity index (χ2n) is 6.69. The summed E-state index contributed by atoms with van der Waals surface area (Å²) in [5, 5.41) is 0. The molecule has 0 aliphatic heterocycles. The predicted octanol–water partition coefficient (Wildman–Crippen LogP) is 5.46. The smallest absolute Gasteiger partial charge is 0.235 e. The van der Waals surface area contributed by atoms with Crippen molar-refractivity contribution < 1.29 is 9.47 Å². The van der Waals surface area contributed by atoms with Gasteiger partial charge in [-0.25, -0.2) is 9.97 Å². The number of aryl methyl sites for hydroxylation is 4. The molecule has 1 aromatic carbocycles. The normalized spacial score (nSPS) is 10.8. The van der Waals surface area contributed by atoms with Crippen molar-refractivity contribution in [2.24, 2.45) is 0 Å². The van der Waals surface area contributed by atoms with Gasteiger partial charge in [-0.05, 0) is 50.3 Å². The molecule has 0 N–H and O–H groups in total. The zero-order valence-corrected chi connectivity index (χ0v) is 17.1. The number of hydrogen-bond donors (Lipinski definition) is 0. The molecule has 1 aromatic heterocycles. The van der Waals surface area contributed by atoms with Crippen molar-refractivity contribution in [3.8, 4) is 22.9 Å². The maximum absolute atomic E-state index is 5.96. The Morgan fingerprint density at radius 1 is 0.923 bits per heavy atom. The SMILES string of the molecule is CCCCCOc1nc(CC)c(-c2c(C)cc(C)cc2OC)nc1CC. The van der Waals surface area contributed by atoms with Gasteiger partial charge >= 0.3 is 0 Å². The summed E-state index contributed by atoms with van der Waals surface area (Å²) in [4.78, 5) is 9.80. The molecule has 0 spiro atoms. The van der Waals surface area contributed by atoms with Crippen LogP contribution in [0.2, 0.25) is 0 Å². The van der Waals surface area contributed by atoms with Crippen molar-refractivity contribution >= 4 is 0 Å². The average Bonchev–Trinajstić information content (AvgIpc) is 2.64. The van der Waals surface area contributed by atoms with Gasteiger partial charge in [-0.3, -0.25) is 0 Å². The van der Waals surface area contributed by atoms with E-state index < -0.39 is 0 Å². The Kier molecular flexibility index (Phi) is 7.43. The number of hydrogen-bond acceptors (Lipinski definition) is 4. The summed E-state index contributed by atoms with van der Waals surface area (Å²) >= 11 is 0. The molecule has 0 aliphatic carbocycles. The molecule has 1 heterocycles. The highest BCUT2D eigenvalue weighted by Crippen LogP contribution is 2.36. The summed E-state index contributed by atoms with van der Waals surface area (Å²) in [6, 6.07) is 4.23. The topological polar surface area (TPSA) is 44.2 Å². The lowest BCUT2D eigenvalue weighted by Crippen LogP contribution is -2.09. The first-order valence-electron chi connectivity index (χ1n) is 9.73. The third-order valence-corrected chi connectivity index (χ3v) is 4.56. The third-order valence-electron chi connectivity index (χ3n) is 4.56. The van der Waals surface area contributed by atoms with Crippen LogP contribution in [0.25, 0.3) is 11.3 Å². The zero-order chi connectivity index (χ0) is 19.1. The maximum atomic E-state index is 5.96. The standard InChI is InChI=1S/C22H32N2O2/c1-7-10-11-12-26-22-18(9-3)23-21(17(8-2)24-22)20-16(5)13-15(4)14-19(20)25-6/h13-14H,7-12H2,1-6H3. The Bertz CT molecular complexity index is 741. The quantitative estimate of drug-likeness (QED) is 0.559. The highest BCUT2D eigenvalue weighted by atomic mass is 16.5. The van der Waals surface area contributed by atoms with Gasteiger partial charge < -0.3 is 9.47 Å². The number of unbranched alkanes of at least 4 members (excludes halogenated alkanes) is 2. The van der Waals surface area contributed by atoms with Crippen LogP contribution in [0.15, 0.2) is 12.1 Å². The molecule has 0 unspecified atom stereocenters. The van der Waals surface area contributed by atoms with Crippen molar-refractivity contribution in [1.82, 2.24) is 9.97 Å². The number of ether oxygens (including phenoxy) is 2. The van der Waals surface area contributed by atoms with E-state index in [0.717, 1.165) is 53.2 Å². The molecule has 142 valence electrons. The molecule has 0 amide bonds. The molecule has 4 nitrogen and oxygen atoms in total. The molecule has 0 aliphatic rings. The molecular weight excluding hydrogens is 324 g/mol. The minimum absolute atomic E-state index is 0.688. The summed E-state index contributed by atoms with van der Waals surface area (Å²) in [6.07, 6.45) is 5.00. The van der Waals surface area contributed by atoms with Crippen molar-refractivity contribution in [3.05, 3.63) is 34.6 Å². The van der Waals surface area contributed by atoms with Crippen molar-refractivity contribution in [2.45, 2.75) is 66.7 Å². The summed E-state index contributed by atoms with van der Waals surface area (Å²) in [6.45, 7) is 11.3. The molecule has 0 bridgehead atoms. The highest BCUT2D eigenvalue weighted by Gasteiger charge is 2.19. The van der Waals surface area contributed by atoms with Crippen LogP contribution in [-0.2, 0) is 12.8 Å². The second kappa shape index (κ2) is 9.56. The van der Waals surface area contributed by atoms with Crippen LogP contribution in [0.3, 0.4) is 0 Å². The van der Waals surface area contributed by atoms with Gasteiger partial charge in [0, 0.05) is 5.56 Å². The number of methoxy groups -OCH3 is 1. The molecule has 0 radical (unpaired) electrons. The molecule has 0 saturated heterocycles. The molecule has 4 heteroatoms. The first-order chi connectivity index (χ1) is 12.5. The van der Waals surface area contributed by atoms with E-state index in [4.69, 9.17) is 19.4 Å². The highest BCUT2D eigenvalue weighted by molar-refractivity contribution is 5.73.